The summed E-state index contributed by atoms with van der Waals surface area (Å²) in [5.41, 5.74) is 2.33. The van der Waals surface area contributed by atoms with Gasteiger partial charge in [-0.3, -0.25) is 24.6 Å². The fourth-order valence-corrected chi connectivity index (χ4v) is 4.00. The number of benzene rings is 2. The molecule has 0 saturated carbocycles. The Hall–Kier alpha value is -3.36. The average Bonchev–Trinajstić information content (AvgIpc) is 3.31. The highest BCUT2D eigenvalue weighted by molar-refractivity contribution is 8.18. The van der Waals surface area contributed by atoms with Crippen molar-refractivity contribution in [3.63, 3.8) is 0 Å². The van der Waals surface area contributed by atoms with Crippen LogP contribution in [0.4, 0.5) is 10.5 Å². The molecule has 0 radical (unpaired) electrons. The zero-order valence-corrected chi connectivity index (χ0v) is 17.8. The largest absolute Gasteiger partial charge is 0.457 e. The van der Waals surface area contributed by atoms with Crippen LogP contribution in [0.3, 0.4) is 0 Å². The fourth-order valence-electron chi connectivity index (χ4n) is 3.00. The van der Waals surface area contributed by atoms with Gasteiger partial charge in [-0.15, -0.1) is 0 Å². The molecule has 0 N–H and O–H groups in total. The first kappa shape index (κ1) is 20.9. The summed E-state index contributed by atoms with van der Waals surface area (Å²) in [6.45, 7) is 1.94. The molecule has 1 aromatic heterocycles. The normalized spacial score (nSPS) is 15.2. The summed E-state index contributed by atoms with van der Waals surface area (Å²) < 4.78 is 5.80. The number of thioether (sulfide) groups is 1. The maximum atomic E-state index is 12.7. The molecular formula is C22H15ClN2O5S. The van der Waals surface area contributed by atoms with Crippen LogP contribution < -0.4 is 0 Å². The van der Waals surface area contributed by atoms with Crippen LogP contribution in [0.25, 0.3) is 17.4 Å². The predicted octanol–water partition coefficient (Wildman–Crippen LogP) is 6.05. The smallest absolute Gasteiger partial charge is 0.293 e. The third kappa shape index (κ3) is 4.40. The number of hydrogen-bond acceptors (Lipinski definition) is 6. The number of halogens is 1. The average molecular weight is 455 g/mol. The molecule has 156 valence electrons. The van der Waals surface area contributed by atoms with Crippen molar-refractivity contribution in [1.29, 1.82) is 0 Å². The maximum absolute atomic E-state index is 12.7. The van der Waals surface area contributed by atoms with Gasteiger partial charge in [-0.1, -0.05) is 35.9 Å². The number of nitro benzene ring substituents is 1. The van der Waals surface area contributed by atoms with E-state index < -0.39 is 16.1 Å². The van der Waals surface area contributed by atoms with E-state index in [0.29, 0.717) is 22.1 Å². The van der Waals surface area contributed by atoms with E-state index in [1.54, 1.807) is 18.2 Å². The summed E-state index contributed by atoms with van der Waals surface area (Å²) in [4.78, 5) is 36.6. The van der Waals surface area contributed by atoms with Gasteiger partial charge in [-0.2, -0.15) is 0 Å². The molecule has 0 aliphatic carbocycles. The highest BCUT2D eigenvalue weighted by Crippen LogP contribution is 2.35. The lowest BCUT2D eigenvalue weighted by molar-refractivity contribution is -0.384. The second-order valence-electron chi connectivity index (χ2n) is 6.86. The number of rotatable bonds is 5. The lowest BCUT2D eigenvalue weighted by Crippen LogP contribution is -2.27. The van der Waals surface area contributed by atoms with Crippen LogP contribution in [0.1, 0.15) is 16.9 Å². The van der Waals surface area contributed by atoms with Gasteiger partial charge in [0.25, 0.3) is 16.8 Å². The second kappa shape index (κ2) is 8.41. The van der Waals surface area contributed by atoms with Crippen molar-refractivity contribution in [2.45, 2.75) is 13.5 Å². The summed E-state index contributed by atoms with van der Waals surface area (Å²) >= 11 is 6.99. The van der Waals surface area contributed by atoms with E-state index in [9.17, 15) is 19.7 Å². The number of non-ortho nitro benzene ring substituents is 1. The Labute approximate surface area is 186 Å². The molecule has 0 atom stereocenters. The van der Waals surface area contributed by atoms with Crippen molar-refractivity contribution in [2.24, 2.45) is 0 Å². The van der Waals surface area contributed by atoms with E-state index >= 15 is 0 Å². The first-order valence-electron chi connectivity index (χ1n) is 9.17. The molecule has 2 aromatic carbocycles. The van der Waals surface area contributed by atoms with Crippen molar-refractivity contribution in [3.8, 4) is 11.3 Å². The number of hydrogen-bond donors (Lipinski definition) is 0. The van der Waals surface area contributed by atoms with Gasteiger partial charge in [0, 0.05) is 28.8 Å². The van der Waals surface area contributed by atoms with Gasteiger partial charge in [0.2, 0.25) is 0 Å². The number of carbonyl (C=O) groups excluding carboxylic acids is 2. The van der Waals surface area contributed by atoms with Crippen LogP contribution >= 0.6 is 23.4 Å². The third-order valence-corrected chi connectivity index (χ3v) is 6.03. The van der Waals surface area contributed by atoms with E-state index in [1.165, 1.54) is 30.3 Å². The summed E-state index contributed by atoms with van der Waals surface area (Å²) in [7, 11) is 0. The number of nitro groups is 1. The van der Waals surface area contributed by atoms with Crippen molar-refractivity contribution in [3.05, 3.63) is 91.5 Å². The zero-order chi connectivity index (χ0) is 22.1. The highest BCUT2D eigenvalue weighted by Gasteiger charge is 2.35. The highest BCUT2D eigenvalue weighted by atomic mass is 35.5. The molecule has 0 spiro atoms. The number of nitrogens with zero attached hydrogens (tertiary/aromatic N) is 2. The molecule has 1 fully saturated rings. The quantitative estimate of drug-likeness (QED) is 0.264. The number of carbonyl (C=O) groups is 2. The SMILES string of the molecule is Cc1ccc(-c2ccc(/C=C3\SC(=O)N(Cc4ccc([N+](=O)[O-])cc4)C3=O)o2)cc1Cl. The molecule has 31 heavy (non-hydrogen) atoms. The van der Waals surface area contributed by atoms with Crippen LogP contribution in [0.5, 0.6) is 0 Å². The molecule has 3 aromatic rings. The van der Waals surface area contributed by atoms with Crippen molar-refractivity contribution >= 4 is 46.3 Å². The minimum atomic E-state index is -0.505. The van der Waals surface area contributed by atoms with Gasteiger partial charge in [-0.25, -0.2) is 0 Å². The first-order valence-corrected chi connectivity index (χ1v) is 10.4. The Balaban J connectivity index is 1.51. The Morgan fingerprint density at radius 2 is 1.87 bits per heavy atom. The molecule has 2 amide bonds. The number of imide groups is 1. The van der Waals surface area contributed by atoms with Crippen LogP contribution in [0.2, 0.25) is 5.02 Å². The summed E-state index contributed by atoms with van der Waals surface area (Å²) in [5.74, 6) is 0.593. The molecule has 0 bridgehead atoms. The second-order valence-corrected chi connectivity index (χ2v) is 8.26. The summed E-state index contributed by atoms with van der Waals surface area (Å²) in [5, 5.41) is 11.0. The molecule has 7 nitrogen and oxygen atoms in total. The molecule has 2 heterocycles. The topological polar surface area (TPSA) is 93.7 Å². The number of aryl methyl sites for hydroxylation is 1. The van der Waals surface area contributed by atoms with Crippen molar-refractivity contribution in [1.82, 2.24) is 4.90 Å². The van der Waals surface area contributed by atoms with Crippen molar-refractivity contribution < 1.29 is 18.9 Å². The third-order valence-electron chi connectivity index (χ3n) is 4.72. The lowest BCUT2D eigenvalue weighted by Gasteiger charge is -2.12. The van der Waals surface area contributed by atoms with E-state index in [-0.39, 0.29) is 17.1 Å². The van der Waals surface area contributed by atoms with Gasteiger partial charge < -0.3 is 4.42 Å². The van der Waals surface area contributed by atoms with Crippen molar-refractivity contribution in [2.75, 3.05) is 0 Å². The Morgan fingerprint density at radius 1 is 1.13 bits per heavy atom. The van der Waals surface area contributed by atoms with Crippen LogP contribution in [-0.4, -0.2) is 21.0 Å². The minimum absolute atomic E-state index is 0.0330. The zero-order valence-electron chi connectivity index (χ0n) is 16.2. The van der Waals surface area contributed by atoms with E-state index in [2.05, 4.69) is 0 Å². The number of amides is 2. The standard InChI is InChI=1S/C22H15ClN2O5S/c1-13-2-5-15(10-18(13)23)19-9-8-17(30-19)11-20-21(26)24(22(27)31-20)12-14-3-6-16(7-4-14)25(28)29/h2-11H,12H2,1H3/b20-11-. The van der Waals surface area contributed by atoms with Crippen LogP contribution in [-0.2, 0) is 11.3 Å². The molecule has 9 heteroatoms. The molecule has 1 saturated heterocycles. The maximum Gasteiger partial charge on any atom is 0.293 e. The van der Waals surface area contributed by atoms with E-state index in [4.69, 9.17) is 16.0 Å². The summed E-state index contributed by atoms with van der Waals surface area (Å²) in [6.07, 6.45) is 1.53. The first-order chi connectivity index (χ1) is 14.8. The van der Waals surface area contributed by atoms with Crippen LogP contribution in [0.15, 0.2) is 63.9 Å². The van der Waals surface area contributed by atoms with Gasteiger partial charge in [0.05, 0.1) is 16.4 Å². The minimum Gasteiger partial charge on any atom is -0.457 e. The lowest BCUT2D eigenvalue weighted by atomic mass is 10.1. The Morgan fingerprint density at radius 3 is 2.55 bits per heavy atom. The van der Waals surface area contributed by atoms with E-state index in [1.807, 2.05) is 19.1 Å². The molecule has 1 aliphatic heterocycles. The van der Waals surface area contributed by atoms with Gasteiger partial charge >= 0.3 is 0 Å². The Kier molecular flexibility index (Phi) is 5.67. The van der Waals surface area contributed by atoms with Gasteiger partial charge in [0.15, 0.2) is 0 Å². The molecule has 4 rings (SSSR count). The molecule has 1 aliphatic rings. The summed E-state index contributed by atoms with van der Waals surface area (Å²) in [6, 6.07) is 14.8. The molecule has 0 unspecified atom stereocenters. The number of furan rings is 1. The van der Waals surface area contributed by atoms with Gasteiger partial charge in [0.1, 0.15) is 11.5 Å². The predicted molar refractivity (Wildman–Crippen MR) is 119 cm³/mol. The Bertz CT molecular complexity index is 1230. The monoisotopic (exact) mass is 454 g/mol. The van der Waals surface area contributed by atoms with E-state index in [0.717, 1.165) is 27.8 Å². The molecular weight excluding hydrogens is 440 g/mol. The van der Waals surface area contributed by atoms with Gasteiger partial charge in [-0.05, 0) is 48.0 Å². The fraction of sp³-hybridized carbons (Fsp3) is 0.0909. The van der Waals surface area contributed by atoms with Crippen LogP contribution in [0, 0.1) is 17.0 Å².